The number of aliphatic hydroxyl groups excluding tert-OH is 1. The number of nitrogens with one attached hydrogen (secondary N) is 1. The maximum Gasteiger partial charge on any atom is 0.264 e. The van der Waals surface area contributed by atoms with E-state index in [0.29, 0.717) is 12.3 Å². The molecule has 1 heterocycles. The number of aliphatic hydroxyl groups is 1. The Morgan fingerprint density at radius 3 is 2.52 bits per heavy atom. The van der Waals surface area contributed by atoms with Crippen LogP contribution >= 0.6 is 0 Å². The highest BCUT2D eigenvalue weighted by Crippen LogP contribution is 2.32. The smallest absolute Gasteiger partial charge is 0.264 e. The zero-order chi connectivity index (χ0) is 20.6. The van der Waals surface area contributed by atoms with Gasteiger partial charge in [-0.2, -0.15) is 8.42 Å². The standard InChI is InChI=1S/C22H23NO5S/c1-22(13-24,14-27-29(2,25)26)23-12-17-11-16-8-9-19-18-6-4-3-5-15(18)7-10-20(19)21(16)28-17/h3-11,23-24H,12-14H2,1-2H3. The fourth-order valence-corrected chi connectivity index (χ4v) is 3.89. The normalized spacial score (nSPS) is 14.6. The van der Waals surface area contributed by atoms with Crippen LogP contribution in [0.4, 0.5) is 0 Å². The second kappa shape index (κ2) is 7.42. The zero-order valence-corrected chi connectivity index (χ0v) is 17.1. The molecule has 7 heteroatoms. The minimum Gasteiger partial charge on any atom is -0.459 e. The molecule has 152 valence electrons. The third-order valence-corrected chi connectivity index (χ3v) is 5.63. The highest BCUT2D eigenvalue weighted by molar-refractivity contribution is 7.85. The molecule has 4 rings (SSSR count). The van der Waals surface area contributed by atoms with Crippen LogP contribution in [0.1, 0.15) is 12.7 Å². The lowest BCUT2D eigenvalue weighted by Gasteiger charge is -2.27. The number of benzene rings is 3. The van der Waals surface area contributed by atoms with E-state index in [2.05, 4.69) is 35.6 Å². The number of hydrogen-bond acceptors (Lipinski definition) is 6. The second-order valence-corrected chi connectivity index (χ2v) is 9.26. The molecule has 2 N–H and O–H groups in total. The van der Waals surface area contributed by atoms with Gasteiger partial charge in [-0.15, -0.1) is 0 Å². The maximum absolute atomic E-state index is 11.3. The van der Waals surface area contributed by atoms with Gasteiger partial charge in [0.05, 0.1) is 31.6 Å². The fourth-order valence-electron chi connectivity index (χ4n) is 3.42. The predicted octanol–water partition coefficient (Wildman–Crippen LogP) is 3.56. The number of hydrogen-bond donors (Lipinski definition) is 2. The van der Waals surface area contributed by atoms with Crippen molar-refractivity contribution in [3.8, 4) is 0 Å². The Kier molecular flexibility index (Phi) is 5.08. The van der Waals surface area contributed by atoms with Crippen LogP contribution in [-0.4, -0.2) is 38.5 Å². The molecular weight excluding hydrogens is 390 g/mol. The molecule has 0 aliphatic rings. The molecule has 0 fully saturated rings. The molecule has 0 amide bonds. The number of rotatable bonds is 7. The van der Waals surface area contributed by atoms with Gasteiger partial charge in [0.1, 0.15) is 11.3 Å². The van der Waals surface area contributed by atoms with Crippen LogP contribution in [0.25, 0.3) is 32.5 Å². The first-order valence-corrected chi connectivity index (χ1v) is 11.1. The quantitative estimate of drug-likeness (QED) is 0.356. The van der Waals surface area contributed by atoms with Gasteiger partial charge in [0, 0.05) is 10.8 Å². The maximum atomic E-state index is 11.3. The van der Waals surface area contributed by atoms with Crippen molar-refractivity contribution in [2.24, 2.45) is 0 Å². The van der Waals surface area contributed by atoms with Gasteiger partial charge in [-0.1, -0.05) is 42.5 Å². The van der Waals surface area contributed by atoms with Crippen LogP contribution < -0.4 is 5.32 Å². The van der Waals surface area contributed by atoms with E-state index in [4.69, 9.17) is 8.60 Å². The van der Waals surface area contributed by atoms with E-state index in [-0.39, 0.29) is 13.2 Å². The molecule has 3 aromatic carbocycles. The average molecular weight is 413 g/mol. The Morgan fingerprint density at radius 2 is 1.76 bits per heavy atom. The summed E-state index contributed by atoms with van der Waals surface area (Å²) in [7, 11) is -3.59. The predicted molar refractivity (Wildman–Crippen MR) is 114 cm³/mol. The number of furan rings is 1. The van der Waals surface area contributed by atoms with Crippen molar-refractivity contribution in [3.63, 3.8) is 0 Å². The van der Waals surface area contributed by atoms with Crippen molar-refractivity contribution in [1.29, 1.82) is 0 Å². The molecule has 0 aliphatic heterocycles. The first-order valence-electron chi connectivity index (χ1n) is 9.31. The first-order chi connectivity index (χ1) is 13.8. The van der Waals surface area contributed by atoms with Gasteiger partial charge in [-0.25, -0.2) is 0 Å². The summed E-state index contributed by atoms with van der Waals surface area (Å²) in [6.45, 7) is 1.57. The molecule has 4 aromatic rings. The average Bonchev–Trinajstić information content (AvgIpc) is 3.13. The summed E-state index contributed by atoms with van der Waals surface area (Å²) < 4.78 is 33.5. The fraction of sp³-hybridized carbons (Fsp3) is 0.273. The van der Waals surface area contributed by atoms with Gasteiger partial charge in [0.15, 0.2) is 0 Å². The van der Waals surface area contributed by atoms with Gasteiger partial charge < -0.3 is 14.8 Å². The third kappa shape index (κ3) is 4.13. The summed E-state index contributed by atoms with van der Waals surface area (Å²) in [5, 5.41) is 18.3. The largest absolute Gasteiger partial charge is 0.459 e. The van der Waals surface area contributed by atoms with Crippen LogP contribution in [0.15, 0.2) is 59.0 Å². The van der Waals surface area contributed by atoms with Crippen molar-refractivity contribution in [2.75, 3.05) is 19.5 Å². The van der Waals surface area contributed by atoms with Crippen LogP contribution in [0.5, 0.6) is 0 Å². The Bertz CT molecular complexity index is 1290. The van der Waals surface area contributed by atoms with Crippen LogP contribution in [-0.2, 0) is 20.8 Å². The molecule has 0 aliphatic carbocycles. The Balaban J connectivity index is 1.63. The van der Waals surface area contributed by atoms with E-state index < -0.39 is 15.7 Å². The summed E-state index contributed by atoms with van der Waals surface area (Å²) in [4.78, 5) is 0. The van der Waals surface area contributed by atoms with Crippen LogP contribution in [0, 0.1) is 0 Å². The Morgan fingerprint density at radius 1 is 1.03 bits per heavy atom. The van der Waals surface area contributed by atoms with E-state index in [1.165, 1.54) is 10.8 Å². The monoisotopic (exact) mass is 413 g/mol. The zero-order valence-electron chi connectivity index (χ0n) is 16.3. The summed E-state index contributed by atoms with van der Waals surface area (Å²) in [6, 6.07) is 18.5. The van der Waals surface area contributed by atoms with Gasteiger partial charge in [-0.3, -0.25) is 4.18 Å². The Labute approximate surface area is 169 Å². The highest BCUT2D eigenvalue weighted by Gasteiger charge is 2.26. The summed E-state index contributed by atoms with van der Waals surface area (Å²) in [6.07, 6.45) is 0.985. The summed E-state index contributed by atoms with van der Waals surface area (Å²) in [5.41, 5.74) is -0.108. The van der Waals surface area contributed by atoms with E-state index in [1.807, 2.05) is 24.3 Å². The number of fused-ring (bicyclic) bond motifs is 5. The van der Waals surface area contributed by atoms with Crippen LogP contribution in [0.2, 0.25) is 0 Å². The molecule has 0 saturated heterocycles. The Hall–Kier alpha value is -2.45. The lowest BCUT2D eigenvalue weighted by Crippen LogP contribution is -2.49. The second-order valence-electron chi connectivity index (χ2n) is 7.62. The molecule has 1 atom stereocenters. The lowest BCUT2D eigenvalue weighted by molar-refractivity contribution is 0.116. The first kappa shape index (κ1) is 19.8. The van der Waals surface area contributed by atoms with Crippen molar-refractivity contribution in [1.82, 2.24) is 5.32 Å². The molecule has 1 aromatic heterocycles. The van der Waals surface area contributed by atoms with Gasteiger partial charge in [0.2, 0.25) is 0 Å². The molecular formula is C22H23NO5S. The van der Waals surface area contributed by atoms with E-state index in [9.17, 15) is 13.5 Å². The van der Waals surface area contributed by atoms with Crippen molar-refractivity contribution in [2.45, 2.75) is 19.0 Å². The van der Waals surface area contributed by atoms with Gasteiger partial charge >= 0.3 is 0 Å². The van der Waals surface area contributed by atoms with E-state index in [0.717, 1.165) is 28.0 Å². The topological polar surface area (TPSA) is 88.8 Å². The lowest BCUT2D eigenvalue weighted by atomic mass is 10.0. The molecule has 6 nitrogen and oxygen atoms in total. The summed E-state index contributed by atoms with van der Waals surface area (Å²) in [5.74, 6) is 0.694. The minimum atomic E-state index is -3.59. The molecule has 1 unspecified atom stereocenters. The van der Waals surface area contributed by atoms with Gasteiger partial charge in [-0.05, 0) is 35.2 Å². The van der Waals surface area contributed by atoms with Crippen molar-refractivity contribution >= 4 is 42.6 Å². The highest BCUT2D eigenvalue weighted by atomic mass is 32.2. The third-order valence-electron chi connectivity index (χ3n) is 5.09. The summed E-state index contributed by atoms with van der Waals surface area (Å²) >= 11 is 0. The van der Waals surface area contributed by atoms with Crippen molar-refractivity contribution < 1.29 is 22.1 Å². The minimum absolute atomic E-state index is 0.169. The van der Waals surface area contributed by atoms with Gasteiger partial charge in [0.25, 0.3) is 10.1 Å². The van der Waals surface area contributed by atoms with E-state index in [1.54, 1.807) is 6.92 Å². The molecule has 0 radical (unpaired) electrons. The van der Waals surface area contributed by atoms with E-state index >= 15 is 0 Å². The molecule has 29 heavy (non-hydrogen) atoms. The molecule has 0 bridgehead atoms. The molecule has 0 spiro atoms. The molecule has 0 saturated carbocycles. The SMILES string of the molecule is CC(CO)(COS(C)(=O)=O)NCc1cc2ccc3c4ccccc4ccc3c2o1. The van der Waals surface area contributed by atoms with Crippen molar-refractivity contribution in [3.05, 3.63) is 60.4 Å². The van der Waals surface area contributed by atoms with Crippen LogP contribution in [0.3, 0.4) is 0 Å².